The van der Waals surface area contributed by atoms with Gasteiger partial charge in [-0.2, -0.15) is 0 Å². The molecule has 3 aliphatic carbocycles. The number of rotatable bonds is 3. The van der Waals surface area contributed by atoms with Crippen molar-refractivity contribution in [2.75, 3.05) is 4.90 Å². The van der Waals surface area contributed by atoms with Gasteiger partial charge in [0.1, 0.15) is 11.2 Å². The summed E-state index contributed by atoms with van der Waals surface area (Å²) >= 11 is 0. The topological polar surface area (TPSA) is 16.4 Å². The molecule has 0 saturated heterocycles. The summed E-state index contributed by atoms with van der Waals surface area (Å²) in [4.78, 5) is 2.50. The maximum atomic E-state index is 6.33. The molecule has 6 aromatic carbocycles. The summed E-state index contributed by atoms with van der Waals surface area (Å²) in [5.41, 5.74) is 16.5. The summed E-state index contributed by atoms with van der Waals surface area (Å²) in [5.74, 6) is 0. The number of anilines is 3. The smallest absolute Gasteiger partial charge is 0.136 e. The molecule has 3 aliphatic rings. The molecule has 7 aromatic rings. The Morgan fingerprint density at radius 3 is 2.12 bits per heavy atom. The Hall–Kier alpha value is -5.34. The van der Waals surface area contributed by atoms with Crippen LogP contribution in [0.4, 0.5) is 17.1 Å². The van der Waals surface area contributed by atoms with E-state index in [1.807, 2.05) is 6.07 Å². The van der Waals surface area contributed by atoms with Crippen molar-refractivity contribution >= 4 is 55.3 Å². The van der Waals surface area contributed by atoms with Crippen molar-refractivity contribution in [2.45, 2.75) is 51.4 Å². The highest BCUT2D eigenvalue weighted by Gasteiger charge is 2.39. The molecule has 2 heteroatoms. The molecule has 0 amide bonds. The van der Waals surface area contributed by atoms with Gasteiger partial charge in [0.2, 0.25) is 0 Å². The summed E-state index contributed by atoms with van der Waals surface area (Å²) in [5, 5.41) is 4.74. The molecule has 10 rings (SSSR count). The number of benzene rings is 6. The van der Waals surface area contributed by atoms with Crippen LogP contribution in [0.2, 0.25) is 0 Å². The Balaban J connectivity index is 1.23. The predicted octanol–water partition coefficient (Wildman–Crippen LogP) is 12.9. The van der Waals surface area contributed by atoms with E-state index in [-0.39, 0.29) is 10.8 Å². The minimum atomic E-state index is -0.0938. The zero-order chi connectivity index (χ0) is 32.4. The van der Waals surface area contributed by atoms with Crippen LogP contribution < -0.4 is 4.90 Å². The average molecular weight is 620 g/mol. The second kappa shape index (κ2) is 9.61. The first-order chi connectivity index (χ1) is 23.3. The fourth-order valence-electron chi connectivity index (χ4n) is 9.17. The molecule has 0 aliphatic heterocycles. The second-order valence-corrected chi connectivity index (χ2v) is 14.8. The van der Waals surface area contributed by atoms with Gasteiger partial charge in [0.25, 0.3) is 0 Å². The van der Waals surface area contributed by atoms with Gasteiger partial charge in [-0.1, -0.05) is 112 Å². The van der Waals surface area contributed by atoms with Gasteiger partial charge >= 0.3 is 0 Å². The van der Waals surface area contributed by atoms with E-state index in [9.17, 15) is 0 Å². The van der Waals surface area contributed by atoms with Crippen LogP contribution in [0, 0.1) is 0 Å². The van der Waals surface area contributed by atoms with Crippen LogP contribution in [-0.4, -0.2) is 0 Å². The molecular formula is C46H37NO. The normalized spacial score (nSPS) is 16.8. The summed E-state index contributed by atoms with van der Waals surface area (Å²) < 4.78 is 6.33. The number of allylic oxidation sites excluding steroid dienone is 4. The molecule has 0 radical (unpaired) electrons. The van der Waals surface area contributed by atoms with Gasteiger partial charge in [-0.05, 0) is 106 Å². The van der Waals surface area contributed by atoms with Crippen molar-refractivity contribution in [2.24, 2.45) is 0 Å². The molecule has 0 N–H and O–H groups in total. The van der Waals surface area contributed by atoms with Crippen molar-refractivity contribution < 1.29 is 4.42 Å². The molecule has 0 bridgehead atoms. The highest BCUT2D eigenvalue weighted by Crippen LogP contribution is 2.54. The Morgan fingerprint density at radius 1 is 0.562 bits per heavy atom. The van der Waals surface area contributed by atoms with Crippen LogP contribution in [0.15, 0.2) is 137 Å². The molecule has 0 saturated carbocycles. The van der Waals surface area contributed by atoms with Gasteiger partial charge in [0, 0.05) is 38.4 Å². The van der Waals surface area contributed by atoms with E-state index < -0.39 is 0 Å². The van der Waals surface area contributed by atoms with Crippen LogP contribution >= 0.6 is 0 Å². The number of para-hydroxylation sites is 1. The first kappa shape index (κ1) is 27.7. The Labute approximate surface area is 281 Å². The van der Waals surface area contributed by atoms with Gasteiger partial charge in [-0.3, -0.25) is 0 Å². The molecule has 0 spiro atoms. The Bertz CT molecular complexity index is 2570. The molecule has 0 fully saturated rings. The largest absolute Gasteiger partial charge is 0.456 e. The van der Waals surface area contributed by atoms with Gasteiger partial charge in [-0.25, -0.2) is 0 Å². The molecule has 2 nitrogen and oxygen atoms in total. The second-order valence-electron chi connectivity index (χ2n) is 14.8. The van der Waals surface area contributed by atoms with E-state index in [1.165, 1.54) is 72.2 Å². The number of hydrogen-bond donors (Lipinski definition) is 0. The summed E-state index contributed by atoms with van der Waals surface area (Å²) in [6, 6.07) is 42.7. The maximum Gasteiger partial charge on any atom is 0.136 e. The van der Waals surface area contributed by atoms with E-state index in [1.54, 1.807) is 5.57 Å². The summed E-state index contributed by atoms with van der Waals surface area (Å²) in [6.07, 6.45) is 6.95. The van der Waals surface area contributed by atoms with E-state index in [0.29, 0.717) is 0 Å². The zero-order valence-corrected chi connectivity index (χ0v) is 27.9. The SMILES string of the molecule is CC1(C)C2=C(C=CCC2)c2ccc(N(c3ccc4c(c3)C(C)(C)c3ccccc3-4)c3cccc4c3ccc3oc5ccccc5c34)cc21. The first-order valence-electron chi connectivity index (χ1n) is 17.2. The lowest BCUT2D eigenvalue weighted by atomic mass is 9.78. The average Bonchev–Trinajstić information content (AvgIpc) is 3.69. The standard InChI is InChI=1S/C46H37NO/c1-45(2)37-16-8-5-12-30(37)32-22-20-28(26-39(32)45)47(29-21-23-33-31-13-6-9-17-38(31)46(3,4)40(33)27-29)41-18-11-15-35-34(41)24-25-43-44(35)36-14-7-10-19-42(36)48-43/h5-8,10-16,18-27H,9,17H2,1-4H3. The van der Waals surface area contributed by atoms with Gasteiger partial charge in [0.05, 0.1) is 5.69 Å². The first-order valence-corrected chi connectivity index (χ1v) is 17.2. The Morgan fingerprint density at radius 2 is 1.27 bits per heavy atom. The predicted molar refractivity (Wildman–Crippen MR) is 202 cm³/mol. The van der Waals surface area contributed by atoms with Crippen LogP contribution in [0.3, 0.4) is 0 Å². The third-order valence-electron chi connectivity index (χ3n) is 11.6. The maximum absolute atomic E-state index is 6.33. The van der Waals surface area contributed by atoms with E-state index in [2.05, 4.69) is 154 Å². The van der Waals surface area contributed by atoms with Crippen LogP contribution in [0.1, 0.15) is 62.8 Å². The molecule has 0 unspecified atom stereocenters. The van der Waals surface area contributed by atoms with Gasteiger partial charge in [0.15, 0.2) is 0 Å². The van der Waals surface area contributed by atoms with Crippen LogP contribution in [-0.2, 0) is 10.8 Å². The monoisotopic (exact) mass is 619 g/mol. The van der Waals surface area contributed by atoms with Crippen molar-refractivity contribution in [1.82, 2.24) is 0 Å². The number of nitrogens with zero attached hydrogens (tertiary/aromatic N) is 1. The number of fused-ring (bicyclic) bond motifs is 10. The highest BCUT2D eigenvalue weighted by atomic mass is 16.3. The summed E-state index contributed by atoms with van der Waals surface area (Å²) in [7, 11) is 0. The molecule has 48 heavy (non-hydrogen) atoms. The van der Waals surface area contributed by atoms with Crippen molar-refractivity contribution in [1.29, 1.82) is 0 Å². The van der Waals surface area contributed by atoms with E-state index in [4.69, 9.17) is 4.42 Å². The lowest BCUT2D eigenvalue weighted by Crippen LogP contribution is -2.19. The molecule has 1 heterocycles. The van der Waals surface area contributed by atoms with Crippen LogP contribution in [0.25, 0.3) is 49.4 Å². The van der Waals surface area contributed by atoms with Crippen LogP contribution in [0.5, 0.6) is 0 Å². The lowest BCUT2D eigenvalue weighted by Gasteiger charge is -2.31. The van der Waals surface area contributed by atoms with Crippen molar-refractivity contribution in [3.8, 4) is 11.1 Å². The van der Waals surface area contributed by atoms with Gasteiger partial charge in [-0.15, -0.1) is 0 Å². The summed E-state index contributed by atoms with van der Waals surface area (Å²) in [6.45, 7) is 9.56. The number of furan rings is 1. The fourth-order valence-corrected chi connectivity index (χ4v) is 9.17. The molecular weight excluding hydrogens is 583 g/mol. The molecule has 1 aromatic heterocycles. The van der Waals surface area contributed by atoms with E-state index >= 15 is 0 Å². The third kappa shape index (κ3) is 3.63. The fraction of sp³-hybridized carbons (Fsp3) is 0.174. The molecule has 232 valence electrons. The highest BCUT2D eigenvalue weighted by molar-refractivity contribution is 6.21. The van der Waals surface area contributed by atoms with Crippen molar-refractivity contribution in [3.05, 3.63) is 155 Å². The molecule has 0 atom stereocenters. The zero-order valence-electron chi connectivity index (χ0n) is 27.9. The lowest BCUT2D eigenvalue weighted by molar-refractivity contribution is 0.607. The minimum Gasteiger partial charge on any atom is -0.456 e. The quantitative estimate of drug-likeness (QED) is 0.196. The van der Waals surface area contributed by atoms with E-state index in [0.717, 1.165) is 29.4 Å². The third-order valence-corrected chi connectivity index (χ3v) is 11.6. The number of hydrogen-bond acceptors (Lipinski definition) is 2. The Kier molecular flexibility index (Phi) is 5.55. The minimum absolute atomic E-state index is 0.0146. The van der Waals surface area contributed by atoms with Gasteiger partial charge < -0.3 is 9.32 Å². The van der Waals surface area contributed by atoms with Crippen molar-refractivity contribution in [3.63, 3.8) is 0 Å².